The van der Waals surface area contributed by atoms with E-state index in [9.17, 15) is 42.1 Å². The van der Waals surface area contributed by atoms with Gasteiger partial charge in [0.1, 0.15) is 24.3 Å². The molecule has 2 aliphatic carbocycles. The Morgan fingerprint density at radius 1 is 0.409 bits per heavy atom. The Morgan fingerprint density at radius 2 is 0.727 bits per heavy atom. The van der Waals surface area contributed by atoms with E-state index in [0.29, 0.717) is 0 Å². The quantitative estimate of drug-likeness (QED) is 0.315. The summed E-state index contributed by atoms with van der Waals surface area (Å²) >= 11 is 0. The third-order valence-corrected chi connectivity index (χ3v) is 7.02. The summed E-state index contributed by atoms with van der Waals surface area (Å²) in [4.78, 5) is 0. The van der Waals surface area contributed by atoms with Gasteiger partial charge in [0, 0.05) is 22.3 Å². The zero-order valence-electron chi connectivity index (χ0n) is 22.0. The van der Waals surface area contributed by atoms with E-state index in [1.165, 1.54) is 48.5 Å². The van der Waals surface area contributed by atoms with Gasteiger partial charge in [-0.05, 0) is 70.8 Å². The summed E-state index contributed by atoms with van der Waals surface area (Å²) in [5.41, 5.74) is -2.33. The summed E-state index contributed by atoms with van der Waals surface area (Å²) in [5, 5.41) is 77.7. The van der Waals surface area contributed by atoms with E-state index in [-0.39, 0.29) is 77.9 Å². The van der Waals surface area contributed by atoms with Crippen molar-refractivity contribution in [1.82, 2.24) is 0 Å². The van der Waals surface area contributed by atoms with Gasteiger partial charge < -0.3 is 0 Å². The first kappa shape index (κ1) is 27.9. The molecule has 0 heterocycles. The predicted molar refractivity (Wildman–Crippen MR) is 150 cm³/mol. The minimum atomic E-state index is -1.09. The van der Waals surface area contributed by atoms with Gasteiger partial charge in [-0.2, -0.15) is 42.1 Å². The van der Waals surface area contributed by atoms with E-state index < -0.39 is 22.8 Å². The van der Waals surface area contributed by atoms with Crippen molar-refractivity contribution in [2.24, 2.45) is 0 Å². The summed E-state index contributed by atoms with van der Waals surface area (Å²) in [6.07, 6.45) is 0. The van der Waals surface area contributed by atoms with Crippen LogP contribution in [0.2, 0.25) is 0 Å². The molecule has 0 N–H and O–H groups in total. The molecule has 5 rings (SSSR count). The third-order valence-electron chi connectivity index (χ3n) is 7.02. The average molecular weight is 566 g/mol. The van der Waals surface area contributed by atoms with Crippen molar-refractivity contribution in [2.75, 3.05) is 0 Å². The van der Waals surface area contributed by atoms with E-state index in [2.05, 4.69) is 0 Å². The second-order valence-electron chi connectivity index (χ2n) is 9.31. The van der Waals surface area contributed by atoms with Crippen LogP contribution < -0.4 is 0 Å². The summed E-state index contributed by atoms with van der Waals surface area (Å²) in [5.74, 6) is -2.17. The van der Waals surface area contributed by atoms with Gasteiger partial charge in [-0.3, -0.25) is 0 Å². The van der Waals surface area contributed by atoms with E-state index >= 15 is 8.78 Å². The van der Waals surface area contributed by atoms with E-state index in [0.717, 1.165) is 0 Å². The molecule has 0 aliphatic heterocycles. The Kier molecular flexibility index (Phi) is 6.83. The van der Waals surface area contributed by atoms with E-state index in [4.69, 9.17) is 0 Å². The standard InChI is InChI=1S/C34H8F2N8/c35-33-29(15-43)23-7-24-26(8-25(23)31(33)27(13-41)21-3-17(9-37)1-18(4-21)10-38)32(34(36)30(24)16-44)28(14-42)22-5-19(11-39)2-20(6-22)12-40/h1-8H/b31-27-,32-28-. The number of rotatable bonds is 2. The Hall–Kier alpha value is -7.60. The molecule has 0 saturated carbocycles. The van der Waals surface area contributed by atoms with Crippen molar-refractivity contribution >= 4 is 33.4 Å². The van der Waals surface area contributed by atoms with Gasteiger partial charge in [-0.1, -0.05) is 0 Å². The molecule has 0 bridgehead atoms. The maximum atomic E-state index is 16.0. The summed E-state index contributed by atoms with van der Waals surface area (Å²) in [7, 11) is 0. The van der Waals surface area contributed by atoms with Crippen LogP contribution in [0.15, 0.2) is 60.2 Å². The van der Waals surface area contributed by atoms with Gasteiger partial charge >= 0.3 is 0 Å². The van der Waals surface area contributed by atoms with Gasteiger partial charge in [0.2, 0.25) is 0 Å². The minimum Gasteiger partial charge on any atom is -0.205 e. The fraction of sp³-hybridized carbons (Fsp3) is 0. The van der Waals surface area contributed by atoms with Crippen LogP contribution in [0.25, 0.3) is 33.4 Å². The first-order valence-electron chi connectivity index (χ1n) is 12.3. The molecule has 0 fully saturated rings. The minimum absolute atomic E-state index is 0.0201. The number of halogens is 2. The molecule has 3 aromatic carbocycles. The zero-order chi connectivity index (χ0) is 31.7. The molecule has 0 radical (unpaired) electrons. The van der Waals surface area contributed by atoms with Gasteiger partial charge in [0.05, 0.1) is 68.8 Å². The van der Waals surface area contributed by atoms with Crippen LogP contribution in [0.1, 0.15) is 55.6 Å². The lowest BCUT2D eigenvalue weighted by Gasteiger charge is -2.12. The molecular weight excluding hydrogens is 558 g/mol. The fourth-order valence-corrected chi connectivity index (χ4v) is 5.19. The van der Waals surface area contributed by atoms with Crippen LogP contribution >= 0.6 is 0 Å². The fourth-order valence-electron chi connectivity index (χ4n) is 5.19. The second kappa shape index (κ2) is 10.8. The molecule has 8 nitrogen and oxygen atoms in total. The molecule has 0 saturated heterocycles. The summed E-state index contributed by atoms with van der Waals surface area (Å²) in [6.45, 7) is 0. The zero-order valence-corrected chi connectivity index (χ0v) is 22.0. The van der Waals surface area contributed by atoms with Gasteiger partial charge in [0.25, 0.3) is 0 Å². The monoisotopic (exact) mass is 566 g/mol. The Labute approximate surface area is 248 Å². The lowest BCUT2D eigenvalue weighted by Crippen LogP contribution is -1.96. The van der Waals surface area contributed by atoms with Crippen LogP contribution in [-0.2, 0) is 0 Å². The second-order valence-corrected chi connectivity index (χ2v) is 9.31. The number of benzene rings is 3. The molecule has 3 aromatic rings. The molecule has 44 heavy (non-hydrogen) atoms. The molecule has 198 valence electrons. The number of nitrogens with zero attached hydrogens (tertiary/aromatic N) is 8. The van der Waals surface area contributed by atoms with Crippen molar-refractivity contribution in [3.8, 4) is 48.6 Å². The van der Waals surface area contributed by atoms with Crippen molar-refractivity contribution in [1.29, 1.82) is 42.1 Å². The summed E-state index contributed by atoms with van der Waals surface area (Å²) < 4.78 is 31.9. The molecule has 0 spiro atoms. The Morgan fingerprint density at radius 3 is 1.00 bits per heavy atom. The van der Waals surface area contributed by atoms with Crippen molar-refractivity contribution in [2.45, 2.75) is 0 Å². The van der Waals surface area contributed by atoms with Crippen LogP contribution in [0.4, 0.5) is 8.78 Å². The van der Waals surface area contributed by atoms with E-state index in [1.807, 2.05) is 36.4 Å². The van der Waals surface area contributed by atoms with Crippen molar-refractivity contribution in [3.05, 3.63) is 116 Å². The van der Waals surface area contributed by atoms with Gasteiger partial charge in [-0.25, -0.2) is 8.78 Å². The van der Waals surface area contributed by atoms with Crippen LogP contribution in [-0.4, -0.2) is 0 Å². The van der Waals surface area contributed by atoms with Crippen LogP contribution in [0, 0.1) is 90.6 Å². The first-order valence-corrected chi connectivity index (χ1v) is 12.3. The predicted octanol–water partition coefficient (Wildman–Crippen LogP) is 6.48. The highest BCUT2D eigenvalue weighted by Gasteiger charge is 2.37. The number of hydrogen-bond acceptors (Lipinski definition) is 8. The highest BCUT2D eigenvalue weighted by Crippen LogP contribution is 2.52. The van der Waals surface area contributed by atoms with Gasteiger partial charge in [-0.15, -0.1) is 0 Å². The average Bonchev–Trinajstić information content (AvgIpc) is 3.48. The van der Waals surface area contributed by atoms with Crippen LogP contribution in [0.5, 0.6) is 0 Å². The number of fused-ring (bicyclic) bond motifs is 2. The number of hydrogen-bond donors (Lipinski definition) is 0. The highest BCUT2D eigenvalue weighted by molar-refractivity contribution is 6.18. The molecule has 0 aromatic heterocycles. The number of allylic oxidation sites excluding steroid dienone is 8. The third kappa shape index (κ3) is 4.13. The largest absolute Gasteiger partial charge is 0.205 e. The van der Waals surface area contributed by atoms with Crippen molar-refractivity contribution in [3.63, 3.8) is 0 Å². The van der Waals surface area contributed by atoms with Crippen LogP contribution in [0.3, 0.4) is 0 Å². The van der Waals surface area contributed by atoms with Crippen molar-refractivity contribution < 1.29 is 8.78 Å². The normalized spacial score (nSPS) is 14.8. The maximum absolute atomic E-state index is 16.0. The topological polar surface area (TPSA) is 190 Å². The smallest absolute Gasteiger partial charge is 0.150 e. The highest BCUT2D eigenvalue weighted by atomic mass is 19.1. The molecule has 2 aliphatic rings. The number of nitriles is 8. The molecule has 10 heteroatoms. The summed E-state index contributed by atoms with van der Waals surface area (Å²) in [6, 6.07) is 24.9. The lowest BCUT2D eigenvalue weighted by molar-refractivity contribution is 0.682. The lowest BCUT2D eigenvalue weighted by atomic mass is 9.89. The molecule has 0 unspecified atom stereocenters. The molecule has 0 atom stereocenters. The van der Waals surface area contributed by atoms with Gasteiger partial charge in [0.15, 0.2) is 11.7 Å². The first-order chi connectivity index (χ1) is 21.3. The Bertz CT molecular complexity index is 2150. The molecule has 0 amide bonds. The maximum Gasteiger partial charge on any atom is 0.150 e. The SMILES string of the molecule is N#CC1=C(F)/C(=C(/C#N)c2cc(C#N)cc(C#N)c2)c2cc3c(cc21)C(C#N)=C(F)/C3=C(/C#N)c1cc(C#N)cc(C#N)c1. The Balaban J connectivity index is 1.90. The molecular formula is C34H8F2N8. The van der Waals surface area contributed by atoms with E-state index in [1.54, 1.807) is 12.1 Å².